The molecule has 4 radical (unpaired) electrons. The van der Waals surface area contributed by atoms with Crippen LogP contribution in [0.1, 0.15) is 19.3 Å². The Balaban J connectivity index is 0. The molecule has 0 aromatic carbocycles. The predicted octanol–water partition coefficient (Wildman–Crippen LogP) is 1.52. The predicted molar refractivity (Wildman–Crippen MR) is 50.5 cm³/mol. The van der Waals surface area contributed by atoms with Crippen molar-refractivity contribution < 1.29 is 25.6 Å². The van der Waals surface area contributed by atoms with E-state index < -0.39 is 0 Å². The van der Waals surface area contributed by atoms with E-state index in [1.807, 2.05) is 0 Å². The third kappa shape index (κ3) is 9.25. The first kappa shape index (κ1) is 15.6. The van der Waals surface area contributed by atoms with Crippen LogP contribution in [-0.2, 0) is 25.6 Å². The van der Waals surface area contributed by atoms with Crippen molar-refractivity contribution in [3.8, 4) is 11.8 Å². The van der Waals surface area contributed by atoms with Crippen LogP contribution in [0, 0.1) is 17.8 Å². The third-order valence-electron chi connectivity index (χ3n) is 1.64. The SMILES string of the molecule is [C]=O.[C]=O.[Fe][CH2]C#CC1CC=CCC1. The Labute approximate surface area is 94.0 Å². The molecule has 1 aliphatic carbocycles. The van der Waals surface area contributed by atoms with Crippen LogP contribution in [0.2, 0.25) is 5.32 Å². The number of hydrogen-bond acceptors (Lipinski definition) is 2. The Kier molecular flexibility index (Phi) is 16.4. The van der Waals surface area contributed by atoms with E-state index in [4.69, 9.17) is 9.59 Å². The summed E-state index contributed by atoms with van der Waals surface area (Å²) in [6, 6.07) is 0. The summed E-state index contributed by atoms with van der Waals surface area (Å²) in [5, 5.41) is 0.750. The van der Waals surface area contributed by atoms with E-state index in [9.17, 15) is 0 Å². The Morgan fingerprint density at radius 2 is 1.93 bits per heavy atom. The first-order chi connectivity index (χ1) is 6.93. The average molecular weight is 231 g/mol. The molecule has 0 bridgehead atoms. The monoisotopic (exact) mass is 231 g/mol. The molecule has 1 aliphatic rings. The molecule has 3 heteroatoms. The van der Waals surface area contributed by atoms with E-state index in [-0.39, 0.29) is 0 Å². The summed E-state index contributed by atoms with van der Waals surface area (Å²) >= 11 is 3.68. The van der Waals surface area contributed by atoms with Crippen LogP contribution in [0.25, 0.3) is 0 Å². The summed E-state index contributed by atoms with van der Waals surface area (Å²) in [7, 11) is 0. The summed E-state index contributed by atoms with van der Waals surface area (Å²) in [5.41, 5.74) is 0. The van der Waals surface area contributed by atoms with Gasteiger partial charge < -0.3 is 0 Å². The van der Waals surface area contributed by atoms with Gasteiger partial charge in [-0.05, 0) is 0 Å². The molecule has 0 aromatic heterocycles. The molecule has 1 unspecified atom stereocenters. The maximum absolute atomic E-state index is 7.50. The molecular formula is C11H11FeO2. The zero-order valence-electron chi connectivity index (χ0n) is 7.73. The van der Waals surface area contributed by atoms with E-state index in [0.717, 1.165) is 11.7 Å². The zero-order chi connectivity index (χ0) is 11.2. The van der Waals surface area contributed by atoms with Crippen molar-refractivity contribution in [1.82, 2.24) is 0 Å². The van der Waals surface area contributed by atoms with Crippen LogP contribution in [0.3, 0.4) is 0 Å². The molecule has 0 fully saturated rings. The third-order valence-corrected chi connectivity index (χ3v) is 1.83. The van der Waals surface area contributed by atoms with E-state index >= 15 is 0 Å². The molecule has 2 nitrogen and oxygen atoms in total. The summed E-state index contributed by atoms with van der Waals surface area (Å²) in [5.74, 6) is 6.85. The Hall–Kier alpha value is -0.841. The molecule has 1 rings (SSSR count). The van der Waals surface area contributed by atoms with Crippen LogP contribution < -0.4 is 0 Å². The van der Waals surface area contributed by atoms with Gasteiger partial charge in [-0.3, -0.25) is 9.59 Å². The quantitative estimate of drug-likeness (QED) is 0.360. The van der Waals surface area contributed by atoms with Crippen LogP contribution in [0.5, 0.6) is 0 Å². The van der Waals surface area contributed by atoms with E-state index in [1.54, 1.807) is 0 Å². The molecule has 0 N–H and O–H groups in total. The molecule has 0 saturated carbocycles. The van der Waals surface area contributed by atoms with Crippen molar-refractivity contribution in [2.45, 2.75) is 24.6 Å². The van der Waals surface area contributed by atoms with Crippen molar-refractivity contribution in [2.24, 2.45) is 5.92 Å². The van der Waals surface area contributed by atoms with Crippen molar-refractivity contribution in [1.29, 1.82) is 0 Å². The first-order valence-electron chi connectivity index (χ1n) is 4.02. The molecule has 0 heterocycles. The molecule has 75 valence electrons. The Morgan fingerprint density at radius 1 is 1.29 bits per heavy atom. The molecule has 1 atom stereocenters. The summed E-state index contributed by atoms with van der Waals surface area (Å²) in [6.07, 6.45) is 8.06. The van der Waals surface area contributed by atoms with Gasteiger partial charge >= 0.3 is 70.5 Å². The van der Waals surface area contributed by atoms with Gasteiger partial charge in [0.15, 0.2) is 0 Å². The number of hydrogen-bond donors (Lipinski definition) is 0. The Morgan fingerprint density at radius 3 is 2.36 bits per heavy atom. The molecule has 0 spiro atoms. The van der Waals surface area contributed by atoms with E-state index in [2.05, 4.69) is 53.6 Å². The molecular weight excluding hydrogens is 220 g/mol. The molecule has 0 aliphatic heterocycles. The van der Waals surface area contributed by atoms with Gasteiger partial charge in [0, 0.05) is 0 Å². The van der Waals surface area contributed by atoms with Crippen LogP contribution >= 0.6 is 0 Å². The van der Waals surface area contributed by atoms with Gasteiger partial charge in [0.05, 0.1) is 0 Å². The standard InChI is InChI=1S/C9H11.2CO.Fe/c1-2-6-9-7-4-3-5-8-9;2*1-2;/h3-4,9H,1,5,7-8H2;;;. The second kappa shape index (κ2) is 14.7. The fraction of sp³-hybridized carbons (Fsp3) is 0.455. The topological polar surface area (TPSA) is 34.1 Å². The molecule has 0 amide bonds. The van der Waals surface area contributed by atoms with Gasteiger partial charge in [0.2, 0.25) is 0 Å². The zero-order valence-corrected chi connectivity index (χ0v) is 8.83. The van der Waals surface area contributed by atoms with Crippen LogP contribution in [0.4, 0.5) is 0 Å². The molecule has 0 saturated heterocycles. The van der Waals surface area contributed by atoms with Gasteiger partial charge in [0.1, 0.15) is 0 Å². The van der Waals surface area contributed by atoms with Crippen molar-refractivity contribution in [3.63, 3.8) is 0 Å². The first-order valence-corrected chi connectivity index (χ1v) is 4.80. The maximum atomic E-state index is 7.50. The van der Waals surface area contributed by atoms with Crippen molar-refractivity contribution in [2.75, 3.05) is 0 Å². The molecule has 14 heavy (non-hydrogen) atoms. The fourth-order valence-corrected chi connectivity index (χ4v) is 1.22. The van der Waals surface area contributed by atoms with Gasteiger partial charge in [-0.1, -0.05) is 0 Å². The second-order valence-electron chi connectivity index (χ2n) is 2.43. The van der Waals surface area contributed by atoms with Gasteiger partial charge in [-0.15, -0.1) is 0 Å². The van der Waals surface area contributed by atoms with Crippen LogP contribution in [0.15, 0.2) is 12.2 Å². The van der Waals surface area contributed by atoms with Gasteiger partial charge in [0.25, 0.3) is 13.6 Å². The van der Waals surface area contributed by atoms with Crippen molar-refractivity contribution >= 4 is 13.6 Å². The normalized spacial score (nSPS) is 17.4. The number of rotatable bonds is 0. The second-order valence-corrected chi connectivity index (χ2v) is 2.82. The minimum absolute atomic E-state index is 0.617. The summed E-state index contributed by atoms with van der Waals surface area (Å²) < 4.78 is 0. The van der Waals surface area contributed by atoms with Crippen molar-refractivity contribution in [3.05, 3.63) is 12.2 Å². The average Bonchev–Trinajstić information content (AvgIpc) is 2.33. The van der Waals surface area contributed by atoms with Gasteiger partial charge in [-0.2, -0.15) is 0 Å². The summed E-state index contributed by atoms with van der Waals surface area (Å²) in [6.45, 7) is 9.00. The minimum atomic E-state index is 0.617. The van der Waals surface area contributed by atoms with E-state index in [1.165, 1.54) is 12.8 Å². The van der Waals surface area contributed by atoms with Crippen LogP contribution in [-0.4, -0.2) is 13.6 Å². The fourth-order valence-electron chi connectivity index (χ4n) is 1.11. The van der Waals surface area contributed by atoms with E-state index in [0.29, 0.717) is 5.92 Å². The molecule has 0 aromatic rings. The number of allylic oxidation sites excluding steroid dienone is 2. The number of carbonyl (C=O) groups excluding carboxylic acids is 2. The Bertz CT molecular complexity index is 201. The van der Waals surface area contributed by atoms with Gasteiger partial charge in [-0.25, -0.2) is 0 Å². The summed E-state index contributed by atoms with van der Waals surface area (Å²) in [4.78, 5) is 15.0.